The van der Waals surface area contributed by atoms with E-state index >= 15 is 0 Å². The first-order valence-electron chi connectivity index (χ1n) is 9.02. The number of aryl methyl sites for hydroxylation is 2. The van der Waals surface area contributed by atoms with Gasteiger partial charge in [-0.15, -0.1) is 0 Å². The van der Waals surface area contributed by atoms with Crippen molar-refractivity contribution in [3.8, 4) is 0 Å². The zero-order valence-electron chi connectivity index (χ0n) is 15.7. The highest BCUT2D eigenvalue weighted by molar-refractivity contribution is 6.16. The summed E-state index contributed by atoms with van der Waals surface area (Å²) in [5.41, 5.74) is 3.35. The van der Waals surface area contributed by atoms with Crippen LogP contribution in [0.3, 0.4) is 0 Å². The van der Waals surface area contributed by atoms with Gasteiger partial charge < -0.3 is 5.32 Å². The zero-order chi connectivity index (χ0) is 19.6. The number of imide groups is 1. The molecule has 140 valence electrons. The van der Waals surface area contributed by atoms with Crippen molar-refractivity contribution in [3.05, 3.63) is 59.7 Å². The normalized spacial score (nSPS) is 16.8. The van der Waals surface area contributed by atoms with Crippen molar-refractivity contribution < 1.29 is 14.4 Å². The molecular formula is C21H23N3O3. The van der Waals surface area contributed by atoms with Crippen molar-refractivity contribution in [2.75, 3.05) is 16.8 Å². The highest BCUT2D eigenvalue weighted by Gasteiger charge is 2.44. The monoisotopic (exact) mass is 365 g/mol. The van der Waals surface area contributed by atoms with Gasteiger partial charge in [-0.25, -0.2) is 4.79 Å². The summed E-state index contributed by atoms with van der Waals surface area (Å²) in [7, 11) is 0. The van der Waals surface area contributed by atoms with Gasteiger partial charge >= 0.3 is 6.03 Å². The van der Waals surface area contributed by atoms with E-state index < -0.39 is 12.1 Å². The number of nitrogens with zero attached hydrogens (tertiary/aromatic N) is 2. The van der Waals surface area contributed by atoms with Crippen LogP contribution in [0.2, 0.25) is 0 Å². The topological polar surface area (TPSA) is 69.7 Å². The van der Waals surface area contributed by atoms with Crippen molar-refractivity contribution in [2.24, 2.45) is 0 Å². The average molecular weight is 365 g/mol. The van der Waals surface area contributed by atoms with Crippen LogP contribution >= 0.6 is 0 Å². The Hall–Kier alpha value is -3.15. The molecule has 2 aromatic carbocycles. The fraction of sp³-hybridized carbons (Fsp3) is 0.286. The molecule has 1 saturated heterocycles. The molecule has 0 aromatic heterocycles. The van der Waals surface area contributed by atoms with Gasteiger partial charge in [0.15, 0.2) is 0 Å². The molecule has 1 aliphatic heterocycles. The number of para-hydroxylation sites is 2. The van der Waals surface area contributed by atoms with E-state index in [2.05, 4.69) is 5.32 Å². The van der Waals surface area contributed by atoms with Crippen LogP contribution in [0.1, 0.15) is 25.0 Å². The molecule has 6 heteroatoms. The predicted molar refractivity (Wildman–Crippen MR) is 105 cm³/mol. The van der Waals surface area contributed by atoms with E-state index in [0.717, 1.165) is 28.1 Å². The Labute approximate surface area is 158 Å². The van der Waals surface area contributed by atoms with Crippen molar-refractivity contribution in [3.63, 3.8) is 0 Å². The number of hydrogen-bond acceptors (Lipinski definition) is 3. The number of nitrogens with one attached hydrogen (secondary N) is 1. The zero-order valence-corrected chi connectivity index (χ0v) is 15.7. The number of urea groups is 1. The van der Waals surface area contributed by atoms with E-state index in [-0.39, 0.29) is 18.4 Å². The van der Waals surface area contributed by atoms with E-state index in [9.17, 15) is 14.4 Å². The number of anilines is 2. The first-order valence-corrected chi connectivity index (χ1v) is 9.02. The Morgan fingerprint density at radius 3 is 2.44 bits per heavy atom. The second-order valence-corrected chi connectivity index (χ2v) is 6.60. The van der Waals surface area contributed by atoms with Gasteiger partial charge in [0.05, 0.1) is 0 Å². The van der Waals surface area contributed by atoms with E-state index in [1.54, 1.807) is 31.2 Å². The van der Waals surface area contributed by atoms with Gasteiger partial charge in [-0.2, -0.15) is 0 Å². The fourth-order valence-electron chi connectivity index (χ4n) is 3.32. The van der Waals surface area contributed by atoms with Gasteiger partial charge in [0, 0.05) is 11.4 Å². The first-order chi connectivity index (χ1) is 12.9. The molecule has 6 nitrogen and oxygen atoms in total. The van der Waals surface area contributed by atoms with Crippen LogP contribution in [0.4, 0.5) is 16.2 Å². The average Bonchev–Trinajstić information content (AvgIpc) is 2.87. The largest absolute Gasteiger partial charge is 0.332 e. The quantitative estimate of drug-likeness (QED) is 0.826. The van der Waals surface area contributed by atoms with E-state index in [1.165, 1.54) is 4.90 Å². The lowest BCUT2D eigenvalue weighted by Gasteiger charge is -2.19. The molecule has 0 radical (unpaired) electrons. The Bertz CT molecular complexity index is 879. The minimum atomic E-state index is -0.641. The van der Waals surface area contributed by atoms with E-state index in [1.807, 2.05) is 38.1 Å². The third-order valence-corrected chi connectivity index (χ3v) is 4.79. The van der Waals surface area contributed by atoms with Gasteiger partial charge in [-0.1, -0.05) is 43.3 Å². The lowest BCUT2D eigenvalue weighted by atomic mass is 10.1. The Morgan fingerprint density at radius 2 is 1.78 bits per heavy atom. The maximum absolute atomic E-state index is 12.8. The van der Waals surface area contributed by atoms with E-state index in [4.69, 9.17) is 0 Å². The standard InChI is InChI=1S/C21H23N3O3/c1-4-16-10-8-9-14(2)19(16)22-18(25)13-23-20(26)15(3)24(21(23)27)17-11-6-5-7-12-17/h5-12,15H,4,13H2,1-3H3,(H,22,25). The molecule has 2 aromatic rings. The maximum atomic E-state index is 12.8. The van der Waals surface area contributed by atoms with Crippen LogP contribution in [-0.2, 0) is 16.0 Å². The minimum Gasteiger partial charge on any atom is -0.324 e. The molecule has 1 N–H and O–H groups in total. The van der Waals surface area contributed by atoms with E-state index in [0.29, 0.717) is 5.69 Å². The summed E-state index contributed by atoms with van der Waals surface area (Å²) >= 11 is 0. The smallest absolute Gasteiger partial charge is 0.324 e. The lowest BCUT2D eigenvalue weighted by molar-refractivity contribution is -0.130. The van der Waals surface area contributed by atoms with Gasteiger partial charge in [0.1, 0.15) is 12.6 Å². The Morgan fingerprint density at radius 1 is 1.07 bits per heavy atom. The number of benzene rings is 2. The number of rotatable bonds is 5. The third kappa shape index (κ3) is 3.56. The molecule has 1 aliphatic rings. The Kier molecular flexibility index (Phi) is 5.26. The second-order valence-electron chi connectivity index (χ2n) is 6.60. The first kappa shape index (κ1) is 18.6. The van der Waals surface area contributed by atoms with Crippen molar-refractivity contribution in [2.45, 2.75) is 33.2 Å². The van der Waals surface area contributed by atoms with Crippen LogP contribution in [0, 0.1) is 6.92 Å². The Balaban J connectivity index is 1.77. The third-order valence-electron chi connectivity index (χ3n) is 4.79. The fourth-order valence-corrected chi connectivity index (χ4v) is 3.32. The summed E-state index contributed by atoms with van der Waals surface area (Å²) in [6.07, 6.45) is 0.775. The van der Waals surface area contributed by atoms with Crippen LogP contribution in [0.25, 0.3) is 0 Å². The molecular weight excluding hydrogens is 342 g/mol. The number of hydrogen-bond donors (Lipinski definition) is 1. The van der Waals surface area contributed by atoms with Crippen LogP contribution < -0.4 is 10.2 Å². The molecule has 1 heterocycles. The molecule has 27 heavy (non-hydrogen) atoms. The minimum absolute atomic E-state index is 0.303. The summed E-state index contributed by atoms with van der Waals surface area (Å²) in [5.74, 6) is -0.762. The molecule has 0 aliphatic carbocycles. The van der Waals surface area contributed by atoms with Gasteiger partial charge in [0.2, 0.25) is 5.91 Å². The summed E-state index contributed by atoms with van der Waals surface area (Å²) in [6.45, 7) is 5.29. The molecule has 0 bridgehead atoms. The van der Waals surface area contributed by atoms with Crippen LogP contribution in [-0.4, -0.2) is 35.3 Å². The molecule has 0 saturated carbocycles. The summed E-state index contributed by atoms with van der Waals surface area (Å²) < 4.78 is 0. The highest BCUT2D eigenvalue weighted by Crippen LogP contribution is 2.26. The highest BCUT2D eigenvalue weighted by atomic mass is 16.2. The van der Waals surface area contributed by atoms with Crippen LogP contribution in [0.15, 0.2) is 48.5 Å². The molecule has 4 amide bonds. The number of carbonyl (C=O) groups is 3. The summed E-state index contributed by atoms with van der Waals surface area (Å²) in [4.78, 5) is 40.3. The molecule has 0 spiro atoms. The van der Waals surface area contributed by atoms with Crippen molar-refractivity contribution in [1.82, 2.24) is 4.90 Å². The number of carbonyl (C=O) groups excluding carboxylic acids is 3. The molecule has 1 unspecified atom stereocenters. The molecule has 1 fully saturated rings. The number of amides is 4. The maximum Gasteiger partial charge on any atom is 0.332 e. The molecule has 3 rings (SSSR count). The molecule has 1 atom stereocenters. The SMILES string of the molecule is CCc1cccc(C)c1NC(=O)CN1C(=O)C(C)N(c2ccccc2)C1=O. The van der Waals surface area contributed by atoms with Gasteiger partial charge in [0.25, 0.3) is 5.91 Å². The summed E-state index contributed by atoms with van der Waals surface area (Å²) in [5, 5.41) is 2.86. The van der Waals surface area contributed by atoms with Crippen LogP contribution in [0.5, 0.6) is 0 Å². The van der Waals surface area contributed by atoms with Gasteiger partial charge in [-0.05, 0) is 43.5 Å². The predicted octanol–water partition coefficient (Wildman–Crippen LogP) is 3.35. The lowest BCUT2D eigenvalue weighted by Crippen LogP contribution is -2.39. The summed E-state index contributed by atoms with van der Waals surface area (Å²) in [6, 6.07) is 13.7. The van der Waals surface area contributed by atoms with Gasteiger partial charge in [-0.3, -0.25) is 19.4 Å². The van der Waals surface area contributed by atoms with Crippen molar-refractivity contribution in [1.29, 1.82) is 0 Å². The second kappa shape index (κ2) is 7.61. The van der Waals surface area contributed by atoms with Crippen molar-refractivity contribution >= 4 is 29.2 Å².